The molecule has 1 aliphatic heterocycles. The van der Waals surface area contributed by atoms with Crippen LogP contribution >= 0.6 is 15.9 Å². The highest BCUT2D eigenvalue weighted by atomic mass is 79.9. The molecule has 0 radical (unpaired) electrons. The topological polar surface area (TPSA) is 20.3 Å². The monoisotopic (exact) mass is 253 g/mol. The molecular weight excluding hydrogens is 242 g/mol. The summed E-state index contributed by atoms with van der Waals surface area (Å²) < 4.78 is 0. The summed E-state index contributed by atoms with van der Waals surface area (Å²) in [7, 11) is 1.84. The first-order valence-electron chi connectivity index (χ1n) is 4.68. The molecule has 0 saturated carbocycles. The van der Waals surface area contributed by atoms with Gasteiger partial charge in [-0.25, -0.2) is 0 Å². The Morgan fingerprint density at radius 2 is 2.14 bits per heavy atom. The van der Waals surface area contributed by atoms with E-state index in [1.54, 1.807) is 4.90 Å². The minimum atomic E-state index is 0.0515. The third kappa shape index (κ3) is 1.36. The van der Waals surface area contributed by atoms with Gasteiger partial charge in [0.15, 0.2) is 0 Å². The zero-order valence-corrected chi connectivity index (χ0v) is 9.62. The van der Waals surface area contributed by atoms with Crippen molar-refractivity contribution in [2.24, 2.45) is 0 Å². The lowest BCUT2D eigenvalue weighted by molar-refractivity contribution is -0.119. The van der Waals surface area contributed by atoms with Crippen LogP contribution in [0.15, 0.2) is 24.3 Å². The number of fused-ring (bicyclic) bond motifs is 1. The molecule has 0 bridgehead atoms. The van der Waals surface area contributed by atoms with Crippen LogP contribution in [0.5, 0.6) is 0 Å². The normalized spacial score (nSPS) is 20.0. The number of benzene rings is 1. The standard InChI is InChI=1S/C11H12BrNO/c1-13-10-5-3-2-4-8(10)9(6-7-12)11(13)14/h2-5,9H,6-7H2,1H3. The molecule has 1 aromatic rings. The molecule has 0 N–H and O–H groups in total. The fraction of sp³-hybridized carbons (Fsp3) is 0.364. The summed E-state index contributed by atoms with van der Waals surface area (Å²) in [6.07, 6.45) is 0.875. The smallest absolute Gasteiger partial charge is 0.234 e. The van der Waals surface area contributed by atoms with E-state index in [1.165, 1.54) is 5.56 Å². The Kier molecular flexibility index (Phi) is 2.59. The van der Waals surface area contributed by atoms with Gasteiger partial charge in [-0.1, -0.05) is 34.1 Å². The molecule has 74 valence electrons. The number of nitrogens with zero attached hydrogens (tertiary/aromatic N) is 1. The molecule has 2 rings (SSSR count). The van der Waals surface area contributed by atoms with Crippen LogP contribution in [-0.4, -0.2) is 18.3 Å². The summed E-state index contributed by atoms with van der Waals surface area (Å²) in [5, 5.41) is 0.867. The number of halogens is 1. The van der Waals surface area contributed by atoms with Crippen LogP contribution in [0.2, 0.25) is 0 Å². The fourth-order valence-electron chi connectivity index (χ4n) is 1.96. The number of carbonyl (C=O) groups is 1. The van der Waals surface area contributed by atoms with E-state index in [9.17, 15) is 4.79 Å². The Hall–Kier alpha value is -0.830. The SMILES string of the molecule is CN1C(=O)C(CCBr)c2ccccc21. The van der Waals surface area contributed by atoms with Gasteiger partial charge in [-0.15, -0.1) is 0 Å². The molecule has 2 nitrogen and oxygen atoms in total. The van der Waals surface area contributed by atoms with Gasteiger partial charge in [0.25, 0.3) is 0 Å². The fourth-order valence-corrected chi connectivity index (χ4v) is 2.42. The zero-order chi connectivity index (χ0) is 10.1. The molecule has 0 aliphatic carbocycles. The molecule has 0 spiro atoms. The quantitative estimate of drug-likeness (QED) is 0.742. The van der Waals surface area contributed by atoms with Crippen molar-refractivity contribution in [2.75, 3.05) is 17.3 Å². The number of hydrogen-bond donors (Lipinski definition) is 0. The number of alkyl halides is 1. The van der Waals surface area contributed by atoms with Crippen molar-refractivity contribution in [3.63, 3.8) is 0 Å². The van der Waals surface area contributed by atoms with Crippen molar-refractivity contribution >= 4 is 27.5 Å². The number of carbonyl (C=O) groups excluding carboxylic acids is 1. The highest BCUT2D eigenvalue weighted by Gasteiger charge is 2.33. The summed E-state index contributed by atoms with van der Waals surface area (Å²) in [4.78, 5) is 13.6. The average Bonchev–Trinajstić information content (AvgIpc) is 2.45. The lowest BCUT2D eigenvalue weighted by Gasteiger charge is -2.09. The maximum atomic E-state index is 11.9. The Balaban J connectivity index is 2.42. The van der Waals surface area contributed by atoms with Gasteiger partial charge in [0, 0.05) is 18.1 Å². The molecule has 1 unspecified atom stereocenters. The number of para-hydroxylation sites is 1. The maximum Gasteiger partial charge on any atom is 0.234 e. The number of likely N-dealkylation sites (N-methyl/N-ethyl adjacent to an activating group) is 1. The molecular formula is C11H12BrNO. The van der Waals surface area contributed by atoms with Crippen molar-refractivity contribution in [1.29, 1.82) is 0 Å². The summed E-state index contributed by atoms with van der Waals surface area (Å²) in [5.41, 5.74) is 2.22. The highest BCUT2D eigenvalue weighted by molar-refractivity contribution is 9.09. The van der Waals surface area contributed by atoms with Gasteiger partial charge < -0.3 is 4.90 Å². The van der Waals surface area contributed by atoms with E-state index in [4.69, 9.17) is 0 Å². The van der Waals surface area contributed by atoms with E-state index in [0.717, 1.165) is 17.4 Å². The van der Waals surface area contributed by atoms with Crippen LogP contribution in [0.1, 0.15) is 17.9 Å². The van der Waals surface area contributed by atoms with Crippen molar-refractivity contribution in [3.05, 3.63) is 29.8 Å². The number of anilines is 1. The van der Waals surface area contributed by atoms with E-state index in [-0.39, 0.29) is 11.8 Å². The molecule has 1 heterocycles. The van der Waals surface area contributed by atoms with Crippen LogP contribution in [-0.2, 0) is 4.79 Å². The summed E-state index contributed by atoms with van der Waals surface area (Å²) in [5.74, 6) is 0.265. The maximum absolute atomic E-state index is 11.9. The second-order valence-corrected chi connectivity index (χ2v) is 4.28. The highest BCUT2D eigenvalue weighted by Crippen LogP contribution is 2.37. The lowest BCUT2D eigenvalue weighted by Crippen LogP contribution is -2.24. The van der Waals surface area contributed by atoms with E-state index < -0.39 is 0 Å². The van der Waals surface area contributed by atoms with Gasteiger partial charge in [-0.3, -0.25) is 4.79 Å². The minimum absolute atomic E-state index is 0.0515. The Labute approximate surface area is 92.0 Å². The van der Waals surface area contributed by atoms with Gasteiger partial charge in [0.05, 0.1) is 5.92 Å². The van der Waals surface area contributed by atoms with E-state index in [1.807, 2.05) is 31.3 Å². The van der Waals surface area contributed by atoms with Crippen LogP contribution in [0.25, 0.3) is 0 Å². The second-order valence-electron chi connectivity index (χ2n) is 3.49. The third-order valence-electron chi connectivity index (χ3n) is 2.70. The Bertz CT molecular complexity index is 364. The number of rotatable bonds is 2. The van der Waals surface area contributed by atoms with Crippen LogP contribution in [0, 0.1) is 0 Å². The van der Waals surface area contributed by atoms with Gasteiger partial charge in [0.1, 0.15) is 0 Å². The second kappa shape index (κ2) is 3.73. The van der Waals surface area contributed by atoms with Crippen LogP contribution < -0.4 is 4.90 Å². The molecule has 1 aliphatic rings. The molecule has 0 saturated heterocycles. The first-order chi connectivity index (χ1) is 6.75. The van der Waals surface area contributed by atoms with Gasteiger partial charge in [-0.05, 0) is 18.1 Å². The summed E-state index contributed by atoms with van der Waals surface area (Å²) in [6.45, 7) is 0. The Morgan fingerprint density at radius 1 is 1.43 bits per heavy atom. The van der Waals surface area contributed by atoms with E-state index >= 15 is 0 Å². The average molecular weight is 254 g/mol. The molecule has 1 aromatic carbocycles. The third-order valence-corrected chi connectivity index (χ3v) is 3.16. The first-order valence-corrected chi connectivity index (χ1v) is 5.80. The Morgan fingerprint density at radius 3 is 2.86 bits per heavy atom. The van der Waals surface area contributed by atoms with Crippen molar-refractivity contribution in [3.8, 4) is 0 Å². The van der Waals surface area contributed by atoms with Gasteiger partial charge >= 0.3 is 0 Å². The van der Waals surface area contributed by atoms with Crippen molar-refractivity contribution in [2.45, 2.75) is 12.3 Å². The summed E-state index contributed by atoms with van der Waals surface area (Å²) in [6, 6.07) is 8.01. The predicted octanol–water partition coefficient (Wildman–Crippen LogP) is 2.53. The molecule has 3 heteroatoms. The largest absolute Gasteiger partial charge is 0.315 e. The van der Waals surface area contributed by atoms with Gasteiger partial charge in [-0.2, -0.15) is 0 Å². The molecule has 0 aromatic heterocycles. The molecule has 0 fully saturated rings. The number of hydrogen-bond acceptors (Lipinski definition) is 1. The van der Waals surface area contributed by atoms with Crippen LogP contribution in [0.3, 0.4) is 0 Å². The van der Waals surface area contributed by atoms with Crippen molar-refractivity contribution < 1.29 is 4.79 Å². The number of amides is 1. The minimum Gasteiger partial charge on any atom is -0.315 e. The molecule has 1 amide bonds. The van der Waals surface area contributed by atoms with Crippen LogP contribution in [0.4, 0.5) is 5.69 Å². The summed E-state index contributed by atoms with van der Waals surface area (Å²) >= 11 is 3.39. The molecule has 1 atom stereocenters. The van der Waals surface area contributed by atoms with Gasteiger partial charge in [0.2, 0.25) is 5.91 Å². The lowest BCUT2D eigenvalue weighted by atomic mass is 9.98. The van der Waals surface area contributed by atoms with E-state index in [2.05, 4.69) is 15.9 Å². The van der Waals surface area contributed by atoms with Crippen molar-refractivity contribution in [1.82, 2.24) is 0 Å². The first kappa shape index (κ1) is 9.71. The van der Waals surface area contributed by atoms with E-state index in [0.29, 0.717) is 0 Å². The molecule has 14 heavy (non-hydrogen) atoms. The predicted molar refractivity (Wildman–Crippen MR) is 61.0 cm³/mol. The zero-order valence-electron chi connectivity index (χ0n) is 8.03.